The van der Waals surface area contributed by atoms with Gasteiger partial charge in [0.1, 0.15) is 0 Å². The summed E-state index contributed by atoms with van der Waals surface area (Å²) in [5.41, 5.74) is 13.0. The lowest BCUT2D eigenvalue weighted by Crippen LogP contribution is -2.10. The van der Waals surface area contributed by atoms with E-state index in [0.29, 0.717) is 0 Å². The van der Waals surface area contributed by atoms with Gasteiger partial charge < -0.3 is 4.90 Å². The molecule has 0 amide bonds. The second kappa shape index (κ2) is 12.7. The zero-order valence-corrected chi connectivity index (χ0v) is 26.0. The van der Waals surface area contributed by atoms with Gasteiger partial charge in [-0.3, -0.25) is 0 Å². The number of benzene rings is 8. The number of nitrogens with zero attached hydrogens (tertiary/aromatic N) is 1. The van der Waals surface area contributed by atoms with Crippen LogP contribution in [-0.4, -0.2) is 0 Å². The van der Waals surface area contributed by atoms with E-state index in [0.717, 1.165) is 17.1 Å². The quantitative estimate of drug-likeness (QED) is 0.176. The monoisotopic (exact) mass is 599 g/mol. The lowest BCUT2D eigenvalue weighted by molar-refractivity contribution is 1.28. The molecule has 0 N–H and O–H groups in total. The Balaban J connectivity index is 1.20. The maximum absolute atomic E-state index is 2.35. The number of fused-ring (bicyclic) bond motifs is 1. The van der Waals surface area contributed by atoms with Gasteiger partial charge >= 0.3 is 0 Å². The molecule has 0 heterocycles. The second-order valence-corrected chi connectivity index (χ2v) is 11.8. The molecule has 0 spiro atoms. The predicted molar refractivity (Wildman–Crippen MR) is 200 cm³/mol. The molecule has 0 aliphatic heterocycles. The van der Waals surface area contributed by atoms with Crippen LogP contribution in [0, 0.1) is 0 Å². The summed E-state index contributed by atoms with van der Waals surface area (Å²) in [6, 6.07) is 71.8. The molecule has 8 aromatic carbocycles. The van der Waals surface area contributed by atoms with Crippen molar-refractivity contribution < 1.29 is 0 Å². The molecule has 0 fully saturated rings. The Labute approximate surface area is 276 Å². The molecule has 0 atom stereocenters. The van der Waals surface area contributed by atoms with Gasteiger partial charge in [-0.1, -0.05) is 158 Å². The molecule has 0 saturated heterocycles. The summed E-state index contributed by atoms with van der Waals surface area (Å²) in [6.07, 6.45) is 0. The highest BCUT2D eigenvalue weighted by molar-refractivity contribution is 5.97. The molecule has 0 aromatic heterocycles. The summed E-state index contributed by atoms with van der Waals surface area (Å²) in [4.78, 5) is 2.35. The molecule has 1 heteroatoms. The van der Waals surface area contributed by atoms with E-state index in [-0.39, 0.29) is 0 Å². The molecule has 0 unspecified atom stereocenters. The van der Waals surface area contributed by atoms with Crippen LogP contribution < -0.4 is 4.90 Å². The number of hydrogen-bond acceptors (Lipinski definition) is 1. The molecule has 0 bridgehead atoms. The second-order valence-electron chi connectivity index (χ2n) is 11.8. The number of rotatable bonds is 7. The molecular weight excluding hydrogens is 567 g/mol. The third-order valence-electron chi connectivity index (χ3n) is 8.87. The van der Waals surface area contributed by atoms with Crippen LogP contribution in [0.2, 0.25) is 0 Å². The van der Waals surface area contributed by atoms with E-state index < -0.39 is 0 Å². The van der Waals surface area contributed by atoms with Crippen molar-refractivity contribution in [3.8, 4) is 44.5 Å². The minimum absolute atomic E-state index is 1.11. The van der Waals surface area contributed by atoms with E-state index in [1.54, 1.807) is 0 Å². The van der Waals surface area contributed by atoms with Crippen molar-refractivity contribution in [1.29, 1.82) is 0 Å². The first-order valence-corrected chi connectivity index (χ1v) is 16.1. The summed E-state index contributed by atoms with van der Waals surface area (Å²) in [5.74, 6) is 0. The highest BCUT2D eigenvalue weighted by Crippen LogP contribution is 2.39. The van der Waals surface area contributed by atoms with Gasteiger partial charge in [0.25, 0.3) is 0 Å². The summed E-state index contributed by atoms with van der Waals surface area (Å²) < 4.78 is 0. The summed E-state index contributed by atoms with van der Waals surface area (Å²) >= 11 is 0. The van der Waals surface area contributed by atoms with Crippen LogP contribution in [0.3, 0.4) is 0 Å². The van der Waals surface area contributed by atoms with Gasteiger partial charge in [-0.25, -0.2) is 0 Å². The third kappa shape index (κ3) is 5.83. The van der Waals surface area contributed by atoms with E-state index >= 15 is 0 Å². The first kappa shape index (κ1) is 28.3. The van der Waals surface area contributed by atoms with Gasteiger partial charge in [0.05, 0.1) is 0 Å². The molecule has 8 rings (SSSR count). The Kier molecular flexibility index (Phi) is 7.63. The fourth-order valence-electron chi connectivity index (χ4n) is 6.48. The van der Waals surface area contributed by atoms with Crippen LogP contribution in [0.1, 0.15) is 0 Å². The molecule has 47 heavy (non-hydrogen) atoms. The Morgan fingerprint density at radius 3 is 1.36 bits per heavy atom. The molecule has 8 aromatic rings. The Morgan fingerprint density at radius 2 is 0.702 bits per heavy atom. The summed E-state index contributed by atoms with van der Waals surface area (Å²) in [6.45, 7) is 0. The van der Waals surface area contributed by atoms with Gasteiger partial charge in [0.2, 0.25) is 0 Å². The zero-order chi connectivity index (χ0) is 31.4. The standard InChI is InChI=1S/C46H33N/c1-3-12-34(13-4-1)36-24-28-42(29-25-36)47(44-21-10-20-41(33-44)46-23-11-17-38-16-7-8-22-45(38)46)43-30-26-37(27-31-43)40-19-9-18-39(32-40)35-14-5-2-6-15-35/h1-33H. The molecule has 0 radical (unpaired) electrons. The highest BCUT2D eigenvalue weighted by atomic mass is 15.1. The molecule has 222 valence electrons. The molecule has 1 nitrogen and oxygen atoms in total. The highest BCUT2D eigenvalue weighted by Gasteiger charge is 2.15. The van der Waals surface area contributed by atoms with Crippen molar-refractivity contribution in [2.24, 2.45) is 0 Å². The van der Waals surface area contributed by atoms with E-state index in [1.165, 1.54) is 55.3 Å². The average molecular weight is 600 g/mol. The minimum atomic E-state index is 1.11. The Hall–Kier alpha value is -6.18. The van der Waals surface area contributed by atoms with Gasteiger partial charge in [0, 0.05) is 17.1 Å². The first-order chi connectivity index (χ1) is 23.3. The predicted octanol–water partition coefficient (Wildman–Crippen LogP) is 13.0. The number of hydrogen-bond donors (Lipinski definition) is 0. The van der Waals surface area contributed by atoms with Crippen LogP contribution in [0.5, 0.6) is 0 Å². The van der Waals surface area contributed by atoms with Crippen LogP contribution >= 0.6 is 0 Å². The topological polar surface area (TPSA) is 3.24 Å². The normalized spacial score (nSPS) is 11.0. The lowest BCUT2D eigenvalue weighted by atomic mass is 9.97. The lowest BCUT2D eigenvalue weighted by Gasteiger charge is -2.26. The average Bonchev–Trinajstić information content (AvgIpc) is 3.16. The van der Waals surface area contributed by atoms with Crippen molar-refractivity contribution in [3.63, 3.8) is 0 Å². The van der Waals surface area contributed by atoms with E-state index in [4.69, 9.17) is 0 Å². The third-order valence-corrected chi connectivity index (χ3v) is 8.87. The van der Waals surface area contributed by atoms with Crippen molar-refractivity contribution in [1.82, 2.24) is 0 Å². The minimum Gasteiger partial charge on any atom is -0.310 e. The maximum Gasteiger partial charge on any atom is 0.0467 e. The van der Waals surface area contributed by atoms with Gasteiger partial charge in [-0.05, 0) is 97.7 Å². The van der Waals surface area contributed by atoms with Crippen molar-refractivity contribution >= 4 is 27.8 Å². The van der Waals surface area contributed by atoms with Gasteiger partial charge in [-0.15, -0.1) is 0 Å². The van der Waals surface area contributed by atoms with Crippen molar-refractivity contribution in [2.75, 3.05) is 4.90 Å². The van der Waals surface area contributed by atoms with Gasteiger partial charge in [0.15, 0.2) is 0 Å². The Morgan fingerprint density at radius 1 is 0.255 bits per heavy atom. The summed E-state index contributed by atoms with van der Waals surface area (Å²) in [5, 5.41) is 2.50. The fourth-order valence-corrected chi connectivity index (χ4v) is 6.48. The van der Waals surface area contributed by atoms with Crippen LogP contribution in [-0.2, 0) is 0 Å². The zero-order valence-electron chi connectivity index (χ0n) is 26.0. The number of anilines is 3. The maximum atomic E-state index is 2.35. The van der Waals surface area contributed by atoms with Crippen molar-refractivity contribution in [2.45, 2.75) is 0 Å². The first-order valence-electron chi connectivity index (χ1n) is 16.1. The fraction of sp³-hybridized carbons (Fsp3) is 0. The van der Waals surface area contributed by atoms with Crippen LogP contribution in [0.15, 0.2) is 200 Å². The smallest absolute Gasteiger partial charge is 0.0467 e. The van der Waals surface area contributed by atoms with Crippen molar-refractivity contribution in [3.05, 3.63) is 200 Å². The SMILES string of the molecule is c1ccc(-c2ccc(N(c3ccc(-c4cccc(-c5ccccc5)c4)cc3)c3cccc(-c4cccc5ccccc45)c3)cc2)cc1. The van der Waals surface area contributed by atoms with Crippen LogP contribution in [0.25, 0.3) is 55.3 Å². The molecule has 0 aliphatic carbocycles. The Bertz CT molecular complexity index is 2260. The van der Waals surface area contributed by atoms with Crippen LogP contribution in [0.4, 0.5) is 17.1 Å². The molecule has 0 aliphatic rings. The molecular formula is C46H33N. The van der Waals surface area contributed by atoms with E-state index in [2.05, 4.69) is 205 Å². The molecule has 0 saturated carbocycles. The van der Waals surface area contributed by atoms with E-state index in [9.17, 15) is 0 Å². The van der Waals surface area contributed by atoms with Gasteiger partial charge in [-0.2, -0.15) is 0 Å². The summed E-state index contributed by atoms with van der Waals surface area (Å²) in [7, 11) is 0. The van der Waals surface area contributed by atoms with E-state index in [1.807, 2.05) is 0 Å². The largest absolute Gasteiger partial charge is 0.310 e.